The number of carbonyl (C=O) groups is 1. The van der Waals surface area contributed by atoms with Crippen molar-refractivity contribution < 1.29 is 14.3 Å². The van der Waals surface area contributed by atoms with E-state index in [2.05, 4.69) is 5.18 Å². The first-order valence-corrected chi connectivity index (χ1v) is 3.93. The summed E-state index contributed by atoms with van der Waals surface area (Å²) in [6.45, 7) is 0. The predicted octanol–water partition coefficient (Wildman–Crippen LogP) is 1.59. The van der Waals surface area contributed by atoms with Crippen LogP contribution in [-0.4, -0.2) is 17.1 Å². The van der Waals surface area contributed by atoms with E-state index in [0.717, 1.165) is 0 Å². The van der Waals surface area contributed by atoms with Crippen molar-refractivity contribution >= 4 is 5.97 Å². The van der Waals surface area contributed by atoms with Crippen molar-refractivity contribution in [3.05, 3.63) is 40.6 Å². The molecule has 1 unspecified atom stereocenters. The number of nitroso groups, excluding NO2 is 1. The lowest BCUT2D eigenvalue weighted by molar-refractivity contribution is -0.138. The minimum absolute atomic E-state index is 0.0148. The number of nitrogens with zero attached hydrogens (tertiary/aromatic N) is 1. The molecule has 0 amide bonds. The molecule has 0 bridgehead atoms. The van der Waals surface area contributed by atoms with Crippen LogP contribution < -0.4 is 0 Å². The van der Waals surface area contributed by atoms with Crippen molar-refractivity contribution in [3.8, 4) is 0 Å². The SMILES string of the molecule is O=NC(Cc1ccc(F)cc1)C(=O)O. The molecule has 0 spiro atoms. The van der Waals surface area contributed by atoms with E-state index in [4.69, 9.17) is 5.11 Å². The van der Waals surface area contributed by atoms with E-state index in [-0.39, 0.29) is 6.42 Å². The van der Waals surface area contributed by atoms with Crippen LogP contribution in [0.5, 0.6) is 0 Å². The number of benzene rings is 1. The molecule has 14 heavy (non-hydrogen) atoms. The Kier molecular flexibility index (Phi) is 3.28. The van der Waals surface area contributed by atoms with Crippen molar-refractivity contribution in [2.45, 2.75) is 12.5 Å². The van der Waals surface area contributed by atoms with Gasteiger partial charge in [0.25, 0.3) is 0 Å². The van der Waals surface area contributed by atoms with Gasteiger partial charge in [0.15, 0.2) is 6.04 Å². The van der Waals surface area contributed by atoms with Crippen molar-refractivity contribution in [3.63, 3.8) is 0 Å². The molecule has 0 heterocycles. The zero-order valence-electron chi connectivity index (χ0n) is 7.18. The molecule has 0 radical (unpaired) electrons. The Morgan fingerprint density at radius 3 is 2.43 bits per heavy atom. The van der Waals surface area contributed by atoms with Crippen LogP contribution in [-0.2, 0) is 11.2 Å². The number of aliphatic carboxylic acids is 1. The van der Waals surface area contributed by atoms with E-state index in [1.165, 1.54) is 24.3 Å². The summed E-state index contributed by atoms with van der Waals surface area (Å²) in [5, 5.41) is 11.0. The van der Waals surface area contributed by atoms with Gasteiger partial charge in [0.05, 0.1) is 0 Å². The normalized spacial score (nSPS) is 12.1. The number of carboxylic acid groups (broad SMARTS) is 1. The van der Waals surface area contributed by atoms with Gasteiger partial charge in [0.1, 0.15) is 5.82 Å². The topological polar surface area (TPSA) is 66.7 Å². The van der Waals surface area contributed by atoms with E-state index in [9.17, 15) is 14.1 Å². The van der Waals surface area contributed by atoms with E-state index in [0.29, 0.717) is 5.56 Å². The van der Waals surface area contributed by atoms with Crippen LogP contribution in [0.1, 0.15) is 5.56 Å². The number of carboxylic acids is 1. The first-order chi connectivity index (χ1) is 6.63. The minimum Gasteiger partial charge on any atom is -0.480 e. The van der Waals surface area contributed by atoms with Gasteiger partial charge in [-0.15, -0.1) is 4.91 Å². The minimum atomic E-state index is -1.31. The Labute approximate surface area is 79.3 Å². The van der Waals surface area contributed by atoms with Crippen LogP contribution in [0.15, 0.2) is 29.4 Å². The molecule has 0 saturated heterocycles. The quantitative estimate of drug-likeness (QED) is 0.745. The molecule has 1 aromatic carbocycles. The molecule has 74 valence electrons. The van der Waals surface area contributed by atoms with Gasteiger partial charge < -0.3 is 5.11 Å². The zero-order chi connectivity index (χ0) is 10.6. The summed E-state index contributed by atoms with van der Waals surface area (Å²) in [5.41, 5.74) is 0.568. The summed E-state index contributed by atoms with van der Waals surface area (Å²) in [7, 11) is 0. The summed E-state index contributed by atoms with van der Waals surface area (Å²) < 4.78 is 12.5. The first-order valence-electron chi connectivity index (χ1n) is 3.93. The summed E-state index contributed by atoms with van der Waals surface area (Å²) >= 11 is 0. The van der Waals surface area contributed by atoms with Crippen LogP contribution in [0.25, 0.3) is 0 Å². The second kappa shape index (κ2) is 4.45. The van der Waals surface area contributed by atoms with Gasteiger partial charge in [-0.25, -0.2) is 9.18 Å². The number of halogens is 1. The molecule has 0 fully saturated rings. The highest BCUT2D eigenvalue weighted by Crippen LogP contribution is 2.07. The molecule has 0 aliphatic carbocycles. The lowest BCUT2D eigenvalue weighted by atomic mass is 10.1. The average molecular weight is 197 g/mol. The highest BCUT2D eigenvalue weighted by molar-refractivity contribution is 5.74. The Morgan fingerprint density at radius 2 is 2.00 bits per heavy atom. The van der Waals surface area contributed by atoms with Crippen LogP contribution >= 0.6 is 0 Å². The average Bonchev–Trinajstić information content (AvgIpc) is 2.16. The fourth-order valence-corrected chi connectivity index (χ4v) is 1.01. The predicted molar refractivity (Wildman–Crippen MR) is 47.3 cm³/mol. The molecule has 0 aliphatic heterocycles. The third kappa shape index (κ3) is 2.62. The van der Waals surface area contributed by atoms with Gasteiger partial charge in [-0.3, -0.25) is 0 Å². The van der Waals surface area contributed by atoms with Gasteiger partial charge in [0.2, 0.25) is 0 Å². The smallest absolute Gasteiger partial charge is 0.332 e. The zero-order valence-corrected chi connectivity index (χ0v) is 7.18. The van der Waals surface area contributed by atoms with E-state index in [1.54, 1.807) is 0 Å². The van der Waals surface area contributed by atoms with Gasteiger partial charge in [-0.05, 0) is 17.7 Å². The third-order valence-electron chi connectivity index (χ3n) is 1.75. The van der Waals surface area contributed by atoms with Crippen molar-refractivity contribution in [1.29, 1.82) is 0 Å². The molecule has 1 atom stereocenters. The van der Waals surface area contributed by atoms with Gasteiger partial charge in [0, 0.05) is 6.42 Å². The first kappa shape index (κ1) is 10.3. The largest absolute Gasteiger partial charge is 0.480 e. The Balaban J connectivity index is 2.72. The molecule has 5 heteroatoms. The molecule has 1 aromatic rings. The highest BCUT2D eigenvalue weighted by atomic mass is 19.1. The van der Waals surface area contributed by atoms with Crippen LogP contribution in [0, 0.1) is 10.7 Å². The second-order valence-electron chi connectivity index (χ2n) is 2.79. The molecule has 1 rings (SSSR count). The molecular weight excluding hydrogens is 189 g/mol. The lowest BCUT2D eigenvalue weighted by Crippen LogP contribution is -2.19. The summed E-state index contributed by atoms with van der Waals surface area (Å²) in [4.78, 5) is 20.5. The van der Waals surface area contributed by atoms with Gasteiger partial charge in [-0.2, -0.15) is 0 Å². The molecule has 1 N–H and O–H groups in total. The standard InChI is InChI=1S/C9H8FNO3/c10-7-3-1-6(2-4-7)5-8(11-14)9(12)13/h1-4,8H,5H2,(H,12,13). The Hall–Kier alpha value is -1.78. The molecule has 0 aromatic heterocycles. The van der Waals surface area contributed by atoms with E-state index in [1.807, 2.05) is 0 Å². The van der Waals surface area contributed by atoms with Crippen molar-refractivity contribution in [2.75, 3.05) is 0 Å². The molecular formula is C9H8FNO3. The van der Waals surface area contributed by atoms with E-state index < -0.39 is 17.8 Å². The summed E-state index contributed by atoms with van der Waals surface area (Å²) in [6.07, 6.45) is -0.0148. The maximum Gasteiger partial charge on any atom is 0.332 e. The summed E-state index contributed by atoms with van der Waals surface area (Å²) in [6, 6.07) is 3.96. The fourth-order valence-electron chi connectivity index (χ4n) is 1.01. The molecule has 0 saturated carbocycles. The molecule has 4 nitrogen and oxygen atoms in total. The number of rotatable bonds is 4. The van der Waals surface area contributed by atoms with Gasteiger partial charge in [-0.1, -0.05) is 17.3 Å². The molecule has 0 aliphatic rings. The number of hydrogen-bond acceptors (Lipinski definition) is 3. The van der Waals surface area contributed by atoms with Crippen LogP contribution in [0.3, 0.4) is 0 Å². The summed E-state index contributed by atoms with van der Waals surface area (Å²) in [5.74, 6) is -1.68. The highest BCUT2D eigenvalue weighted by Gasteiger charge is 2.17. The second-order valence-corrected chi connectivity index (χ2v) is 2.79. The van der Waals surface area contributed by atoms with E-state index >= 15 is 0 Å². The third-order valence-corrected chi connectivity index (χ3v) is 1.75. The monoisotopic (exact) mass is 197 g/mol. The Morgan fingerprint density at radius 1 is 1.43 bits per heavy atom. The van der Waals surface area contributed by atoms with Crippen molar-refractivity contribution in [2.24, 2.45) is 5.18 Å². The Bertz CT molecular complexity index is 336. The maximum absolute atomic E-state index is 12.5. The van der Waals surface area contributed by atoms with Crippen LogP contribution in [0.2, 0.25) is 0 Å². The lowest BCUT2D eigenvalue weighted by Gasteiger charge is -2.03. The number of hydrogen-bond donors (Lipinski definition) is 1. The van der Waals surface area contributed by atoms with Gasteiger partial charge >= 0.3 is 5.97 Å². The van der Waals surface area contributed by atoms with Crippen molar-refractivity contribution in [1.82, 2.24) is 0 Å². The fraction of sp³-hybridized carbons (Fsp3) is 0.222. The van der Waals surface area contributed by atoms with Crippen LogP contribution in [0.4, 0.5) is 4.39 Å². The maximum atomic E-state index is 12.5.